The van der Waals surface area contributed by atoms with Gasteiger partial charge in [0.2, 0.25) is 17.0 Å². The summed E-state index contributed by atoms with van der Waals surface area (Å²) in [5.74, 6) is 6.03. The first-order chi connectivity index (χ1) is 17.6. The molecule has 12 heteroatoms. The van der Waals surface area contributed by atoms with Gasteiger partial charge in [-0.3, -0.25) is 9.59 Å². The van der Waals surface area contributed by atoms with Crippen LogP contribution in [-0.4, -0.2) is 49.9 Å². The molecule has 2 aromatic carbocycles. The van der Waals surface area contributed by atoms with E-state index in [9.17, 15) is 9.59 Å². The van der Waals surface area contributed by atoms with Gasteiger partial charge in [0.25, 0.3) is 0 Å². The van der Waals surface area contributed by atoms with Gasteiger partial charge >= 0.3 is 0 Å². The van der Waals surface area contributed by atoms with Crippen LogP contribution in [0.5, 0.6) is 0 Å². The molecule has 4 rings (SSSR count). The van der Waals surface area contributed by atoms with Gasteiger partial charge in [0.05, 0.1) is 39.3 Å². The fourth-order valence-corrected chi connectivity index (χ4v) is 4.64. The predicted octanol–water partition coefficient (Wildman–Crippen LogP) is 3.78. The van der Waals surface area contributed by atoms with E-state index in [1.54, 1.807) is 32.0 Å². The van der Waals surface area contributed by atoms with Crippen LogP contribution >= 0.6 is 35.0 Å². The number of aromatic nitrogens is 4. The lowest BCUT2D eigenvalue weighted by Gasteiger charge is -2.19. The summed E-state index contributed by atoms with van der Waals surface area (Å²) < 4.78 is 1.52. The average Bonchev–Trinajstić information content (AvgIpc) is 3.61. The van der Waals surface area contributed by atoms with Crippen LogP contribution < -0.4 is 16.4 Å². The fraction of sp³-hybridized carbons (Fsp3) is 0.320. The Morgan fingerprint density at radius 3 is 2.62 bits per heavy atom. The van der Waals surface area contributed by atoms with Crippen LogP contribution in [0.1, 0.15) is 43.7 Å². The molecule has 4 N–H and O–H groups in total. The number of nitrogens with two attached hydrogens (primary N) is 1. The second-order valence-electron chi connectivity index (χ2n) is 9.02. The number of hydrogen-bond donors (Lipinski definition) is 3. The van der Waals surface area contributed by atoms with E-state index in [1.165, 1.54) is 34.8 Å². The first kappa shape index (κ1) is 26.9. The van der Waals surface area contributed by atoms with Crippen LogP contribution in [-0.2, 0) is 9.59 Å². The summed E-state index contributed by atoms with van der Waals surface area (Å²) in [6.45, 7) is 3.43. The molecular weight excluding hydrogens is 533 g/mol. The van der Waals surface area contributed by atoms with E-state index in [1.807, 2.05) is 18.2 Å². The van der Waals surface area contributed by atoms with Crippen LogP contribution in [0.3, 0.4) is 0 Å². The molecule has 192 valence electrons. The van der Waals surface area contributed by atoms with Crippen molar-refractivity contribution < 1.29 is 9.59 Å². The van der Waals surface area contributed by atoms with Crippen molar-refractivity contribution in [3.63, 3.8) is 0 Å². The minimum Gasteiger partial charge on any atom is -0.339 e. The number of nitrogens with one attached hydrogen (secondary N) is 2. The van der Waals surface area contributed by atoms with E-state index in [2.05, 4.69) is 38.0 Å². The van der Waals surface area contributed by atoms with E-state index >= 15 is 0 Å². The van der Waals surface area contributed by atoms with Crippen LogP contribution in [0.4, 0.5) is 5.69 Å². The van der Waals surface area contributed by atoms with Crippen molar-refractivity contribution in [2.45, 2.75) is 43.3 Å². The van der Waals surface area contributed by atoms with Crippen molar-refractivity contribution >= 4 is 52.5 Å². The van der Waals surface area contributed by atoms with Crippen LogP contribution in [0.15, 0.2) is 41.6 Å². The number of hydrogen-bond acceptors (Lipinski definition) is 7. The molecule has 0 radical (unpaired) electrons. The van der Waals surface area contributed by atoms with E-state index in [0.29, 0.717) is 38.1 Å². The molecule has 9 nitrogen and oxygen atoms in total. The largest absolute Gasteiger partial charge is 0.339 e. The van der Waals surface area contributed by atoms with Crippen molar-refractivity contribution in [1.82, 2.24) is 25.5 Å². The molecule has 1 aliphatic rings. The zero-order valence-corrected chi connectivity index (χ0v) is 22.5. The van der Waals surface area contributed by atoms with Gasteiger partial charge in [0.15, 0.2) is 0 Å². The molecule has 1 fully saturated rings. The standard InChI is InChI=1S/C25H25Cl2N7O2S/c1-25(2,30-22(35)13-28)10-9-15-3-7-20(18(26)11-15)29-23(36)14-37-24-31-32-33-34(24)21-8-6-17(12-19(21)27)16-4-5-16/h3,6-8,11-12,16H,4-5,13-14,28H2,1-2H3,(H,29,36)(H,30,35). The van der Waals surface area contributed by atoms with Crippen LogP contribution in [0.2, 0.25) is 10.0 Å². The Morgan fingerprint density at radius 1 is 1.16 bits per heavy atom. The van der Waals surface area contributed by atoms with Crippen LogP contribution in [0, 0.1) is 11.8 Å². The number of carbonyl (C=O) groups is 2. The third-order valence-corrected chi connectivity index (χ3v) is 6.96. The maximum absolute atomic E-state index is 12.6. The second kappa shape index (κ2) is 11.5. The Kier molecular flexibility index (Phi) is 8.39. The van der Waals surface area contributed by atoms with Gasteiger partial charge in [-0.1, -0.05) is 52.9 Å². The highest BCUT2D eigenvalue weighted by molar-refractivity contribution is 7.99. The average molecular weight is 558 g/mol. The van der Waals surface area contributed by atoms with Crippen molar-refractivity contribution in [1.29, 1.82) is 0 Å². The van der Waals surface area contributed by atoms with Crippen molar-refractivity contribution in [3.05, 3.63) is 57.6 Å². The molecule has 0 spiro atoms. The van der Waals surface area contributed by atoms with Gasteiger partial charge in [0.1, 0.15) is 0 Å². The molecule has 37 heavy (non-hydrogen) atoms. The minimum atomic E-state index is -0.758. The fourth-order valence-electron chi connectivity index (χ4n) is 3.46. The molecule has 0 saturated heterocycles. The lowest BCUT2D eigenvalue weighted by Crippen LogP contribution is -2.45. The number of halogens is 2. The molecule has 0 aliphatic heterocycles. The van der Waals surface area contributed by atoms with Crippen molar-refractivity contribution in [2.24, 2.45) is 5.73 Å². The topological polar surface area (TPSA) is 128 Å². The molecule has 1 aromatic heterocycles. The maximum atomic E-state index is 12.6. The Balaban J connectivity index is 1.36. The lowest BCUT2D eigenvalue weighted by molar-refractivity contribution is -0.120. The molecule has 0 atom stereocenters. The molecular formula is C25H25Cl2N7O2S. The minimum absolute atomic E-state index is 0.0606. The predicted molar refractivity (Wildman–Crippen MR) is 145 cm³/mol. The van der Waals surface area contributed by atoms with Gasteiger partial charge in [-0.15, -0.1) is 5.10 Å². The normalized spacial score (nSPS) is 13.0. The Labute approximate surface area is 228 Å². The SMILES string of the molecule is CC(C)(C#Cc1ccc(NC(=O)CSc2nnnn2-c2ccc(C3CC3)cc2Cl)c(Cl)c1)NC(=O)CN. The van der Waals surface area contributed by atoms with E-state index < -0.39 is 5.54 Å². The Hall–Kier alpha value is -3.10. The number of tetrazole rings is 1. The summed E-state index contributed by atoms with van der Waals surface area (Å²) in [5.41, 5.74) is 7.54. The van der Waals surface area contributed by atoms with Crippen LogP contribution in [0.25, 0.3) is 5.69 Å². The molecule has 0 unspecified atom stereocenters. The summed E-state index contributed by atoms with van der Waals surface area (Å²) in [5, 5.41) is 18.7. The quantitative estimate of drug-likeness (QED) is 0.284. The van der Waals surface area contributed by atoms with Gasteiger partial charge < -0.3 is 16.4 Å². The number of anilines is 1. The van der Waals surface area contributed by atoms with Gasteiger partial charge in [-0.2, -0.15) is 4.68 Å². The molecule has 2 amide bonds. The lowest BCUT2D eigenvalue weighted by atomic mass is 10.1. The number of thioether (sulfide) groups is 1. The number of benzene rings is 2. The number of amides is 2. The number of carbonyl (C=O) groups excluding carboxylic acids is 2. The molecule has 1 aliphatic carbocycles. The highest BCUT2D eigenvalue weighted by atomic mass is 35.5. The Morgan fingerprint density at radius 2 is 1.95 bits per heavy atom. The van der Waals surface area contributed by atoms with Crippen molar-refractivity contribution in [3.8, 4) is 17.5 Å². The Bertz CT molecular complexity index is 1390. The van der Waals surface area contributed by atoms with E-state index in [4.69, 9.17) is 28.9 Å². The maximum Gasteiger partial charge on any atom is 0.234 e. The first-order valence-electron chi connectivity index (χ1n) is 11.5. The van der Waals surface area contributed by atoms with Gasteiger partial charge in [-0.05, 0) is 78.9 Å². The smallest absolute Gasteiger partial charge is 0.234 e. The van der Waals surface area contributed by atoms with E-state index in [0.717, 1.165) is 0 Å². The van der Waals surface area contributed by atoms with Crippen molar-refractivity contribution in [2.75, 3.05) is 17.6 Å². The van der Waals surface area contributed by atoms with Gasteiger partial charge in [0, 0.05) is 5.56 Å². The molecule has 3 aromatic rings. The molecule has 0 bridgehead atoms. The first-order valence-corrected chi connectivity index (χ1v) is 13.2. The second-order valence-corrected chi connectivity index (χ2v) is 10.8. The summed E-state index contributed by atoms with van der Waals surface area (Å²) in [4.78, 5) is 24.1. The summed E-state index contributed by atoms with van der Waals surface area (Å²) in [6, 6.07) is 10.9. The monoisotopic (exact) mass is 557 g/mol. The zero-order valence-electron chi connectivity index (χ0n) is 20.2. The molecule has 1 saturated carbocycles. The summed E-state index contributed by atoms with van der Waals surface area (Å²) in [7, 11) is 0. The molecule has 1 heterocycles. The summed E-state index contributed by atoms with van der Waals surface area (Å²) >= 11 is 14.0. The highest BCUT2D eigenvalue weighted by Gasteiger charge is 2.24. The highest BCUT2D eigenvalue weighted by Crippen LogP contribution is 2.41. The third-order valence-electron chi connectivity index (χ3n) is 5.42. The third kappa shape index (κ3) is 7.23. The number of nitrogens with zero attached hydrogens (tertiary/aromatic N) is 4. The summed E-state index contributed by atoms with van der Waals surface area (Å²) in [6.07, 6.45) is 2.37. The zero-order chi connectivity index (χ0) is 26.6. The van der Waals surface area contributed by atoms with Gasteiger partial charge in [-0.25, -0.2) is 0 Å². The number of rotatable bonds is 8. The van der Waals surface area contributed by atoms with E-state index in [-0.39, 0.29) is 24.1 Å².